The first-order valence-corrected chi connectivity index (χ1v) is 11.5. The Bertz CT molecular complexity index is 853. The number of nitrogens with zero attached hydrogens (tertiary/aromatic N) is 2. The summed E-state index contributed by atoms with van der Waals surface area (Å²) in [5.74, 6) is 0.368. The lowest BCUT2D eigenvalue weighted by atomic mass is 9.88. The van der Waals surface area contributed by atoms with Gasteiger partial charge < -0.3 is 16.0 Å². The van der Waals surface area contributed by atoms with Gasteiger partial charge in [-0.1, -0.05) is 29.3 Å². The van der Waals surface area contributed by atoms with Crippen molar-refractivity contribution >= 4 is 23.0 Å². The molecule has 1 aromatic rings. The lowest BCUT2D eigenvalue weighted by Crippen LogP contribution is -2.57. The first kappa shape index (κ1) is 22.9. The van der Waals surface area contributed by atoms with E-state index in [4.69, 9.17) is 22.3 Å². The summed E-state index contributed by atoms with van der Waals surface area (Å²) in [6.45, 7) is 14.1. The largest absolute Gasteiger partial charge is 0.399 e. The molecule has 0 aliphatic carbocycles. The molecular weight excluding hydrogens is 392 g/mol. The number of halogens is 1. The Balaban J connectivity index is 1.87. The Morgan fingerprint density at radius 1 is 1.40 bits per heavy atom. The fraction of sp³-hybridized carbons (Fsp3) is 0.560. The molecule has 2 aliphatic rings. The van der Waals surface area contributed by atoms with Crippen molar-refractivity contribution in [2.75, 3.05) is 25.4 Å². The van der Waals surface area contributed by atoms with E-state index in [1.807, 2.05) is 18.2 Å². The van der Waals surface area contributed by atoms with Gasteiger partial charge in [-0.2, -0.15) is 0 Å². The molecule has 164 valence electrons. The predicted octanol–water partition coefficient (Wildman–Crippen LogP) is 5.24. The number of aliphatic imine (C=N–C) groups is 1. The molecule has 0 aromatic heterocycles. The standard InChI is InChI=1S/C25H37ClN4/c1-6-23(30-14-13-28-25(4,5)16-30)24-19(8-7-17(2)18(3)29-24)9-10-20-15-21(26)11-12-22(20)27/h6-7,11-12,15,18-19,28H,8-10,13-14,16,27H2,1-5H3. The number of hydrogen-bond donors (Lipinski definition) is 2. The summed E-state index contributed by atoms with van der Waals surface area (Å²) < 4.78 is 0. The number of benzene rings is 1. The second-order valence-corrected chi connectivity index (χ2v) is 9.80. The highest BCUT2D eigenvalue weighted by molar-refractivity contribution is 6.30. The second kappa shape index (κ2) is 9.57. The van der Waals surface area contributed by atoms with Gasteiger partial charge in [0.15, 0.2) is 0 Å². The number of allylic oxidation sites excluding steroid dienone is 3. The summed E-state index contributed by atoms with van der Waals surface area (Å²) in [4.78, 5) is 7.76. The Labute approximate surface area is 187 Å². The van der Waals surface area contributed by atoms with E-state index in [0.717, 1.165) is 55.2 Å². The Morgan fingerprint density at radius 2 is 2.17 bits per heavy atom. The molecule has 0 bridgehead atoms. The average molecular weight is 429 g/mol. The molecule has 2 atom stereocenters. The van der Waals surface area contributed by atoms with Crippen LogP contribution in [0.25, 0.3) is 0 Å². The zero-order valence-electron chi connectivity index (χ0n) is 19.1. The fourth-order valence-corrected chi connectivity index (χ4v) is 4.71. The van der Waals surface area contributed by atoms with Crippen LogP contribution in [-0.2, 0) is 6.42 Å². The molecule has 0 saturated carbocycles. The van der Waals surface area contributed by atoms with Crippen molar-refractivity contribution in [2.24, 2.45) is 10.9 Å². The molecule has 2 unspecified atom stereocenters. The van der Waals surface area contributed by atoms with E-state index in [2.05, 4.69) is 57.0 Å². The Morgan fingerprint density at radius 3 is 2.87 bits per heavy atom. The molecule has 4 nitrogen and oxygen atoms in total. The Kier molecular flexibility index (Phi) is 7.30. The van der Waals surface area contributed by atoms with Crippen LogP contribution >= 0.6 is 11.6 Å². The van der Waals surface area contributed by atoms with Crippen LogP contribution in [0.3, 0.4) is 0 Å². The second-order valence-electron chi connectivity index (χ2n) is 9.36. The van der Waals surface area contributed by atoms with E-state index in [0.29, 0.717) is 5.92 Å². The third-order valence-electron chi connectivity index (χ3n) is 6.42. The summed E-state index contributed by atoms with van der Waals surface area (Å²) in [5.41, 5.74) is 12.2. The molecule has 1 aromatic carbocycles. The first-order chi connectivity index (χ1) is 14.2. The van der Waals surface area contributed by atoms with Gasteiger partial charge in [-0.05, 0) is 77.6 Å². The molecule has 3 rings (SSSR count). The summed E-state index contributed by atoms with van der Waals surface area (Å²) in [6, 6.07) is 5.99. The summed E-state index contributed by atoms with van der Waals surface area (Å²) in [5, 5.41) is 4.37. The average Bonchev–Trinajstić information content (AvgIpc) is 2.82. The SMILES string of the molecule is CC=C(C1=NC(C)C(C)=CCC1CCc1cc(Cl)ccc1N)N1CCNC(C)(C)C1. The highest BCUT2D eigenvalue weighted by Crippen LogP contribution is 2.30. The van der Waals surface area contributed by atoms with E-state index in [9.17, 15) is 0 Å². The number of rotatable bonds is 5. The number of hydrogen-bond acceptors (Lipinski definition) is 4. The number of nitrogens with one attached hydrogen (secondary N) is 1. The van der Waals surface area contributed by atoms with Crippen molar-refractivity contribution in [3.05, 3.63) is 52.2 Å². The molecule has 1 fully saturated rings. The van der Waals surface area contributed by atoms with Crippen molar-refractivity contribution in [2.45, 2.75) is 65.5 Å². The molecule has 0 amide bonds. The number of nitrogen functional groups attached to an aromatic ring is 1. The topological polar surface area (TPSA) is 53.6 Å². The highest BCUT2D eigenvalue weighted by Gasteiger charge is 2.31. The van der Waals surface area contributed by atoms with E-state index in [1.54, 1.807) is 0 Å². The molecule has 2 aliphatic heterocycles. The zero-order valence-corrected chi connectivity index (χ0v) is 19.9. The third-order valence-corrected chi connectivity index (χ3v) is 6.65. The molecule has 3 N–H and O–H groups in total. The Hall–Kier alpha value is -1.78. The molecule has 30 heavy (non-hydrogen) atoms. The molecule has 0 radical (unpaired) electrons. The van der Waals surface area contributed by atoms with E-state index >= 15 is 0 Å². The van der Waals surface area contributed by atoms with Gasteiger partial charge in [0.25, 0.3) is 0 Å². The number of piperazine rings is 1. The lowest BCUT2D eigenvalue weighted by Gasteiger charge is -2.42. The molecule has 2 heterocycles. The van der Waals surface area contributed by atoms with Gasteiger partial charge in [-0.25, -0.2) is 0 Å². The van der Waals surface area contributed by atoms with E-state index in [-0.39, 0.29) is 11.6 Å². The van der Waals surface area contributed by atoms with Crippen LogP contribution in [0.15, 0.2) is 46.6 Å². The monoisotopic (exact) mass is 428 g/mol. The van der Waals surface area contributed by atoms with Crippen molar-refractivity contribution in [1.29, 1.82) is 0 Å². The first-order valence-electron chi connectivity index (χ1n) is 11.1. The van der Waals surface area contributed by atoms with Crippen LogP contribution in [0.4, 0.5) is 5.69 Å². The molecule has 5 heteroatoms. The van der Waals surface area contributed by atoms with Crippen molar-refractivity contribution in [3.8, 4) is 0 Å². The van der Waals surface area contributed by atoms with Crippen molar-refractivity contribution in [1.82, 2.24) is 10.2 Å². The molecule has 1 saturated heterocycles. The summed E-state index contributed by atoms with van der Waals surface area (Å²) >= 11 is 6.22. The molecular formula is C25H37ClN4. The van der Waals surface area contributed by atoms with E-state index in [1.165, 1.54) is 17.0 Å². The maximum Gasteiger partial charge on any atom is 0.0682 e. The van der Waals surface area contributed by atoms with Crippen molar-refractivity contribution < 1.29 is 0 Å². The lowest BCUT2D eigenvalue weighted by molar-refractivity contribution is 0.197. The maximum atomic E-state index is 6.22. The van der Waals surface area contributed by atoms with Crippen LogP contribution in [0, 0.1) is 5.92 Å². The van der Waals surface area contributed by atoms with Gasteiger partial charge in [0.2, 0.25) is 0 Å². The van der Waals surface area contributed by atoms with Gasteiger partial charge in [0, 0.05) is 41.8 Å². The quantitative estimate of drug-likeness (QED) is 0.498. The maximum absolute atomic E-state index is 6.22. The highest BCUT2D eigenvalue weighted by atomic mass is 35.5. The van der Waals surface area contributed by atoms with Gasteiger partial charge in [0.05, 0.1) is 17.5 Å². The number of nitrogens with two attached hydrogens (primary N) is 1. The van der Waals surface area contributed by atoms with Gasteiger partial charge in [-0.15, -0.1) is 0 Å². The summed E-state index contributed by atoms with van der Waals surface area (Å²) in [6.07, 6.45) is 7.56. The zero-order chi connectivity index (χ0) is 21.9. The fourth-order valence-electron chi connectivity index (χ4n) is 4.52. The number of anilines is 1. The summed E-state index contributed by atoms with van der Waals surface area (Å²) in [7, 11) is 0. The van der Waals surface area contributed by atoms with E-state index < -0.39 is 0 Å². The number of aryl methyl sites for hydroxylation is 1. The van der Waals surface area contributed by atoms with Crippen LogP contribution in [0.2, 0.25) is 5.02 Å². The van der Waals surface area contributed by atoms with Gasteiger partial charge in [0.1, 0.15) is 0 Å². The third kappa shape index (κ3) is 5.47. The smallest absolute Gasteiger partial charge is 0.0682 e. The minimum atomic E-state index is 0.0995. The van der Waals surface area contributed by atoms with Crippen LogP contribution < -0.4 is 11.1 Å². The minimum absolute atomic E-state index is 0.0995. The predicted molar refractivity (Wildman–Crippen MR) is 130 cm³/mol. The molecule has 0 spiro atoms. The minimum Gasteiger partial charge on any atom is -0.399 e. The van der Waals surface area contributed by atoms with Crippen LogP contribution in [-0.4, -0.2) is 41.8 Å². The normalized spacial score (nSPS) is 24.9. The van der Waals surface area contributed by atoms with Gasteiger partial charge in [-0.3, -0.25) is 4.99 Å². The van der Waals surface area contributed by atoms with Crippen molar-refractivity contribution in [3.63, 3.8) is 0 Å². The van der Waals surface area contributed by atoms with Gasteiger partial charge >= 0.3 is 0 Å². The van der Waals surface area contributed by atoms with Crippen LogP contribution in [0.1, 0.15) is 53.0 Å². The van der Waals surface area contributed by atoms with Crippen LogP contribution in [0.5, 0.6) is 0 Å².